The fraction of sp³-hybridized carbons (Fsp3) is 0.739. The summed E-state index contributed by atoms with van der Waals surface area (Å²) in [5, 5.41) is 6.73. The molecule has 3 rings (SSSR count). The van der Waals surface area contributed by atoms with Crippen molar-refractivity contribution < 1.29 is 9.47 Å². The van der Waals surface area contributed by atoms with Crippen molar-refractivity contribution in [2.75, 3.05) is 58.0 Å². The van der Waals surface area contributed by atoms with Crippen LogP contribution in [0.2, 0.25) is 0 Å². The van der Waals surface area contributed by atoms with Crippen LogP contribution in [0.25, 0.3) is 0 Å². The van der Waals surface area contributed by atoms with Gasteiger partial charge in [-0.2, -0.15) is 0 Å². The van der Waals surface area contributed by atoms with Crippen LogP contribution >= 0.6 is 0 Å². The molecule has 0 radical (unpaired) electrons. The highest BCUT2D eigenvalue weighted by Gasteiger charge is 2.13. The molecular weight excluding hydrogens is 378 g/mol. The van der Waals surface area contributed by atoms with Gasteiger partial charge in [0.2, 0.25) is 0 Å². The molecule has 0 aromatic carbocycles. The van der Waals surface area contributed by atoms with Crippen molar-refractivity contribution in [3.63, 3.8) is 0 Å². The summed E-state index contributed by atoms with van der Waals surface area (Å²) in [6.07, 6.45) is 10.4. The molecule has 0 amide bonds. The molecule has 0 unspecified atom stereocenters. The van der Waals surface area contributed by atoms with Crippen molar-refractivity contribution in [3.05, 3.63) is 23.9 Å². The fourth-order valence-corrected chi connectivity index (χ4v) is 3.96. The van der Waals surface area contributed by atoms with E-state index in [1.807, 2.05) is 6.20 Å². The van der Waals surface area contributed by atoms with Gasteiger partial charge in [0.15, 0.2) is 5.96 Å². The van der Waals surface area contributed by atoms with Crippen LogP contribution in [0, 0.1) is 5.92 Å². The third kappa shape index (κ3) is 8.11. The zero-order valence-corrected chi connectivity index (χ0v) is 18.6. The van der Waals surface area contributed by atoms with Crippen LogP contribution in [0.1, 0.15) is 50.5 Å². The second-order valence-corrected chi connectivity index (χ2v) is 8.26. The van der Waals surface area contributed by atoms with Crippen molar-refractivity contribution in [3.8, 4) is 0 Å². The molecule has 0 aliphatic carbocycles. The van der Waals surface area contributed by atoms with Crippen LogP contribution in [0.15, 0.2) is 23.3 Å². The predicted octanol–water partition coefficient (Wildman–Crippen LogP) is 2.96. The molecule has 2 saturated heterocycles. The average Bonchev–Trinajstić information content (AvgIpc) is 3.09. The van der Waals surface area contributed by atoms with Crippen LogP contribution in [-0.4, -0.2) is 64.1 Å². The van der Waals surface area contributed by atoms with Gasteiger partial charge >= 0.3 is 0 Å². The largest absolute Gasteiger partial charge is 0.381 e. The number of ether oxygens (including phenoxy) is 2. The molecule has 168 valence electrons. The van der Waals surface area contributed by atoms with Crippen LogP contribution in [-0.2, 0) is 16.0 Å². The van der Waals surface area contributed by atoms with E-state index in [1.165, 1.54) is 25.7 Å². The monoisotopic (exact) mass is 417 g/mol. The quantitative estimate of drug-likeness (QED) is 0.366. The summed E-state index contributed by atoms with van der Waals surface area (Å²) < 4.78 is 11.2. The maximum Gasteiger partial charge on any atom is 0.191 e. The first-order valence-electron chi connectivity index (χ1n) is 11.6. The first kappa shape index (κ1) is 22.8. The minimum atomic E-state index is 0.667. The molecule has 1 aromatic heterocycles. The normalized spacial score (nSPS) is 18.8. The number of aromatic nitrogens is 1. The van der Waals surface area contributed by atoms with Crippen molar-refractivity contribution >= 4 is 11.8 Å². The number of nitrogens with zero attached hydrogens (tertiary/aromatic N) is 3. The Morgan fingerprint density at radius 1 is 1.17 bits per heavy atom. The summed E-state index contributed by atoms with van der Waals surface area (Å²) in [5.41, 5.74) is 1.16. The molecule has 7 nitrogen and oxygen atoms in total. The van der Waals surface area contributed by atoms with E-state index in [0.717, 1.165) is 82.7 Å². The number of rotatable bonds is 9. The summed E-state index contributed by atoms with van der Waals surface area (Å²) in [5.74, 6) is 2.58. The summed E-state index contributed by atoms with van der Waals surface area (Å²) in [6, 6.07) is 4.31. The van der Waals surface area contributed by atoms with Gasteiger partial charge in [0.1, 0.15) is 5.82 Å². The van der Waals surface area contributed by atoms with Gasteiger partial charge in [-0.3, -0.25) is 4.99 Å². The number of hydrogen-bond acceptors (Lipinski definition) is 5. The molecule has 0 atom stereocenters. The average molecular weight is 418 g/mol. The van der Waals surface area contributed by atoms with Crippen molar-refractivity contribution in [2.45, 2.75) is 51.5 Å². The Balaban J connectivity index is 1.29. The Labute approximate surface area is 181 Å². The Bertz CT molecular complexity index is 609. The minimum Gasteiger partial charge on any atom is -0.381 e. The van der Waals surface area contributed by atoms with Gasteiger partial charge in [0, 0.05) is 65.9 Å². The van der Waals surface area contributed by atoms with Crippen molar-refractivity contribution in [2.24, 2.45) is 10.9 Å². The second-order valence-electron chi connectivity index (χ2n) is 8.26. The van der Waals surface area contributed by atoms with E-state index in [4.69, 9.17) is 9.47 Å². The smallest absolute Gasteiger partial charge is 0.191 e. The molecule has 2 aliphatic heterocycles. The van der Waals surface area contributed by atoms with Gasteiger partial charge in [0.25, 0.3) is 0 Å². The predicted molar refractivity (Wildman–Crippen MR) is 122 cm³/mol. The second kappa shape index (κ2) is 13.4. The zero-order chi connectivity index (χ0) is 20.9. The maximum absolute atomic E-state index is 5.82. The van der Waals surface area contributed by atoms with E-state index < -0.39 is 0 Å². The summed E-state index contributed by atoms with van der Waals surface area (Å²) in [4.78, 5) is 11.4. The first-order valence-corrected chi connectivity index (χ1v) is 11.6. The van der Waals surface area contributed by atoms with Gasteiger partial charge in [-0.15, -0.1) is 0 Å². The first-order chi connectivity index (χ1) is 14.8. The molecule has 3 heterocycles. The van der Waals surface area contributed by atoms with Gasteiger partial charge in [-0.05, 0) is 49.7 Å². The highest BCUT2D eigenvalue weighted by molar-refractivity contribution is 5.79. The Morgan fingerprint density at radius 2 is 1.97 bits per heavy atom. The number of hydrogen-bond donors (Lipinski definition) is 2. The number of nitrogens with one attached hydrogen (secondary N) is 2. The third-order valence-electron chi connectivity index (χ3n) is 5.88. The number of anilines is 1. The standard InChI is InChI=1S/C23H39N5O2/c1-24-23(25-11-6-14-30-19-20-9-15-29-16-10-20)27-18-21-7-8-22(26-17-21)28-12-4-2-3-5-13-28/h7-8,17,20H,2-6,9-16,18-19H2,1H3,(H2,24,25,27). The van der Waals surface area contributed by atoms with E-state index in [-0.39, 0.29) is 0 Å². The van der Waals surface area contributed by atoms with Crippen LogP contribution in [0.3, 0.4) is 0 Å². The number of guanidine groups is 1. The fourth-order valence-electron chi connectivity index (χ4n) is 3.96. The summed E-state index contributed by atoms with van der Waals surface area (Å²) >= 11 is 0. The van der Waals surface area contributed by atoms with Crippen LogP contribution < -0.4 is 15.5 Å². The molecule has 30 heavy (non-hydrogen) atoms. The van der Waals surface area contributed by atoms with Gasteiger partial charge in [-0.1, -0.05) is 18.9 Å². The molecular formula is C23H39N5O2. The third-order valence-corrected chi connectivity index (χ3v) is 5.88. The van der Waals surface area contributed by atoms with Crippen molar-refractivity contribution in [1.82, 2.24) is 15.6 Å². The Morgan fingerprint density at radius 3 is 2.67 bits per heavy atom. The van der Waals surface area contributed by atoms with Crippen LogP contribution in [0.4, 0.5) is 5.82 Å². The van der Waals surface area contributed by atoms with Gasteiger partial charge in [0.05, 0.1) is 0 Å². The Kier molecular flexibility index (Phi) is 10.2. The van der Waals surface area contributed by atoms with Gasteiger partial charge in [-0.25, -0.2) is 4.98 Å². The summed E-state index contributed by atoms with van der Waals surface area (Å²) in [6.45, 7) is 7.22. The van der Waals surface area contributed by atoms with E-state index in [0.29, 0.717) is 12.5 Å². The highest BCUT2D eigenvalue weighted by atomic mass is 16.5. The zero-order valence-electron chi connectivity index (χ0n) is 18.6. The molecule has 0 bridgehead atoms. The lowest BCUT2D eigenvalue weighted by Gasteiger charge is -2.21. The van der Waals surface area contributed by atoms with E-state index in [2.05, 4.69) is 37.6 Å². The highest BCUT2D eigenvalue weighted by Crippen LogP contribution is 2.17. The van der Waals surface area contributed by atoms with Crippen LogP contribution in [0.5, 0.6) is 0 Å². The SMILES string of the molecule is CN=C(NCCCOCC1CCOCC1)NCc1ccc(N2CCCCCC2)nc1. The molecule has 7 heteroatoms. The topological polar surface area (TPSA) is 71.0 Å². The minimum absolute atomic E-state index is 0.667. The van der Waals surface area contributed by atoms with E-state index >= 15 is 0 Å². The van der Waals surface area contributed by atoms with Crippen molar-refractivity contribution in [1.29, 1.82) is 0 Å². The number of aliphatic imine (C=N–C) groups is 1. The molecule has 1 aromatic rings. The maximum atomic E-state index is 5.82. The lowest BCUT2D eigenvalue weighted by Crippen LogP contribution is -2.37. The number of pyridine rings is 1. The molecule has 2 aliphatic rings. The lowest BCUT2D eigenvalue weighted by molar-refractivity contribution is 0.0203. The molecule has 2 N–H and O–H groups in total. The van der Waals surface area contributed by atoms with Gasteiger partial charge < -0.3 is 25.0 Å². The Hall–Kier alpha value is -1.86. The molecule has 0 saturated carbocycles. The molecule has 2 fully saturated rings. The van der Waals surface area contributed by atoms with E-state index in [1.54, 1.807) is 7.05 Å². The lowest BCUT2D eigenvalue weighted by atomic mass is 10.0. The molecule has 0 spiro atoms. The van der Waals surface area contributed by atoms with E-state index in [9.17, 15) is 0 Å². The summed E-state index contributed by atoms with van der Waals surface area (Å²) in [7, 11) is 1.80.